The summed E-state index contributed by atoms with van der Waals surface area (Å²) in [5.41, 5.74) is -0.840. The molecule has 1 unspecified atom stereocenters. The first-order chi connectivity index (χ1) is 18.4. The van der Waals surface area contributed by atoms with Crippen LogP contribution in [-0.2, 0) is 26.3 Å². The molecule has 1 amide bonds. The summed E-state index contributed by atoms with van der Waals surface area (Å²) >= 11 is 0. The minimum atomic E-state index is -3.35. The number of carbonyl (C=O) groups excluding carboxylic acids is 4. The third-order valence-corrected chi connectivity index (χ3v) is 7.29. The fraction of sp³-hybridized carbons (Fsp3) is 0.241. The number of hydrogen-bond acceptors (Lipinski definition) is 7. The van der Waals surface area contributed by atoms with Crippen molar-refractivity contribution in [1.82, 2.24) is 5.32 Å². The Morgan fingerprint density at radius 1 is 1.18 bits per heavy atom. The first kappa shape index (κ1) is 26.0. The number of alkyl halides is 2. The summed E-state index contributed by atoms with van der Waals surface area (Å²) in [5, 5.41) is 15.3. The largest absolute Gasteiger partial charge is 0.507 e. The second kappa shape index (κ2) is 9.30. The highest BCUT2D eigenvalue weighted by atomic mass is 19.3. The van der Waals surface area contributed by atoms with Crippen molar-refractivity contribution in [3.8, 4) is 17.2 Å². The van der Waals surface area contributed by atoms with Crippen LogP contribution in [0.25, 0.3) is 10.8 Å². The molecule has 39 heavy (non-hydrogen) atoms. The molecule has 3 aromatic rings. The van der Waals surface area contributed by atoms with E-state index in [9.17, 15) is 33.1 Å². The molecule has 0 bridgehead atoms. The third kappa shape index (κ3) is 4.03. The van der Waals surface area contributed by atoms with Gasteiger partial charge in [-0.1, -0.05) is 36.4 Å². The van der Waals surface area contributed by atoms with E-state index in [-0.39, 0.29) is 17.9 Å². The first-order valence-electron chi connectivity index (χ1n) is 12.0. The third-order valence-electron chi connectivity index (χ3n) is 7.29. The van der Waals surface area contributed by atoms with Gasteiger partial charge in [-0.2, -0.15) is 8.78 Å². The molecule has 0 radical (unpaired) electrons. The SMILES string of the molecule is CC(=O)C1C(=O)C=C2Oc3c(C(=O)NCc4c(C)ccc5ccccc45)c(OC(F)F)cc(O)c3[C@]2(C)C1=O. The average molecular weight is 535 g/mol. The van der Waals surface area contributed by atoms with Gasteiger partial charge in [0.15, 0.2) is 17.3 Å². The lowest BCUT2D eigenvalue weighted by Gasteiger charge is -2.30. The highest BCUT2D eigenvalue weighted by Gasteiger charge is 2.58. The van der Waals surface area contributed by atoms with Crippen molar-refractivity contribution < 1.29 is 42.5 Å². The molecule has 2 N–H and O–H groups in total. The molecular formula is C29H23F2NO7. The number of fused-ring (bicyclic) bond motifs is 4. The van der Waals surface area contributed by atoms with Crippen LogP contribution in [0.5, 0.6) is 17.2 Å². The van der Waals surface area contributed by atoms with E-state index >= 15 is 0 Å². The van der Waals surface area contributed by atoms with Crippen molar-refractivity contribution in [1.29, 1.82) is 0 Å². The van der Waals surface area contributed by atoms with Gasteiger partial charge in [0.05, 0.1) is 5.56 Å². The number of ether oxygens (including phenoxy) is 2. The summed E-state index contributed by atoms with van der Waals surface area (Å²) in [6.45, 7) is 0.960. The number of carbonyl (C=O) groups is 4. The molecule has 1 aliphatic carbocycles. The fourth-order valence-electron chi connectivity index (χ4n) is 5.32. The van der Waals surface area contributed by atoms with Crippen LogP contribution in [0.2, 0.25) is 0 Å². The van der Waals surface area contributed by atoms with Gasteiger partial charge < -0.3 is 19.9 Å². The molecule has 0 saturated carbocycles. The predicted octanol–water partition coefficient (Wildman–Crippen LogP) is 4.28. The molecule has 0 fully saturated rings. The van der Waals surface area contributed by atoms with Gasteiger partial charge in [-0.3, -0.25) is 19.2 Å². The maximum atomic E-state index is 13.5. The number of phenolic OH excluding ortho intramolecular Hbond substituents is 1. The van der Waals surface area contributed by atoms with Crippen LogP contribution in [0.1, 0.15) is 40.9 Å². The van der Waals surface area contributed by atoms with Gasteiger partial charge in [0, 0.05) is 18.7 Å². The Morgan fingerprint density at radius 3 is 2.59 bits per heavy atom. The molecule has 10 heteroatoms. The molecule has 1 aliphatic heterocycles. The van der Waals surface area contributed by atoms with Crippen LogP contribution in [0.15, 0.2) is 54.3 Å². The van der Waals surface area contributed by atoms with Crippen molar-refractivity contribution >= 4 is 34.0 Å². The Balaban J connectivity index is 1.62. The zero-order valence-corrected chi connectivity index (χ0v) is 21.1. The molecule has 3 aromatic carbocycles. The van der Waals surface area contributed by atoms with Crippen LogP contribution >= 0.6 is 0 Å². The molecule has 0 spiro atoms. The number of ketones is 3. The topological polar surface area (TPSA) is 119 Å². The molecular weight excluding hydrogens is 512 g/mol. The number of halogens is 2. The van der Waals surface area contributed by atoms with E-state index in [1.54, 1.807) is 0 Å². The van der Waals surface area contributed by atoms with Crippen LogP contribution < -0.4 is 14.8 Å². The Labute approximate surface area is 221 Å². The van der Waals surface area contributed by atoms with Crippen molar-refractivity contribution in [3.05, 3.63) is 76.6 Å². The molecule has 2 atom stereocenters. The van der Waals surface area contributed by atoms with Crippen LogP contribution in [0.3, 0.4) is 0 Å². The molecule has 2 aliphatic rings. The number of benzene rings is 3. The average Bonchev–Trinajstić information content (AvgIpc) is 3.16. The number of hydrogen-bond donors (Lipinski definition) is 2. The molecule has 200 valence electrons. The predicted molar refractivity (Wildman–Crippen MR) is 135 cm³/mol. The standard InChI is InChI=1S/C29H23F2NO7/c1-13-8-9-15-6-4-5-7-16(15)17(13)12-32-27(37)23-20(38-28(30)31)10-19(35)24-25(23)39-21-11-18(34)22(14(2)33)26(36)29(21,24)3/h4-11,22,28,35H,12H2,1-3H3,(H,32,37)/t22?,29-/m1/s1. The first-order valence-corrected chi connectivity index (χ1v) is 12.0. The highest BCUT2D eigenvalue weighted by molar-refractivity contribution is 6.27. The smallest absolute Gasteiger partial charge is 0.387 e. The Bertz CT molecular complexity index is 1630. The van der Waals surface area contributed by atoms with Crippen LogP contribution in [-0.4, -0.2) is 35.0 Å². The van der Waals surface area contributed by atoms with Gasteiger partial charge in [0.2, 0.25) is 0 Å². The van der Waals surface area contributed by atoms with Crippen molar-refractivity contribution in [2.75, 3.05) is 0 Å². The van der Waals surface area contributed by atoms with Crippen molar-refractivity contribution in [2.24, 2.45) is 5.92 Å². The highest BCUT2D eigenvalue weighted by Crippen LogP contribution is 2.56. The van der Waals surface area contributed by atoms with Gasteiger partial charge in [-0.15, -0.1) is 0 Å². The summed E-state index contributed by atoms with van der Waals surface area (Å²) in [5.74, 6) is -6.85. The zero-order chi connectivity index (χ0) is 28.2. The lowest BCUT2D eigenvalue weighted by molar-refractivity contribution is -0.140. The van der Waals surface area contributed by atoms with E-state index in [1.165, 1.54) is 6.92 Å². The fourth-order valence-corrected chi connectivity index (χ4v) is 5.32. The number of allylic oxidation sites excluding steroid dienone is 2. The summed E-state index contributed by atoms with van der Waals surface area (Å²) < 4.78 is 37.0. The van der Waals surface area contributed by atoms with Crippen LogP contribution in [0, 0.1) is 12.8 Å². The second-order valence-electron chi connectivity index (χ2n) is 9.66. The van der Waals surface area contributed by atoms with E-state index in [4.69, 9.17) is 4.74 Å². The molecule has 5 rings (SSSR count). The van der Waals surface area contributed by atoms with Gasteiger partial charge >= 0.3 is 6.61 Å². The summed E-state index contributed by atoms with van der Waals surface area (Å²) in [6.07, 6.45) is 0.960. The maximum absolute atomic E-state index is 13.5. The van der Waals surface area contributed by atoms with Crippen molar-refractivity contribution in [3.63, 3.8) is 0 Å². The lowest BCUT2D eigenvalue weighted by Crippen LogP contribution is -2.47. The molecule has 0 aromatic heterocycles. The van der Waals surface area contributed by atoms with Crippen LogP contribution in [0.4, 0.5) is 8.78 Å². The maximum Gasteiger partial charge on any atom is 0.387 e. The normalized spacial score (nSPS) is 19.8. The van der Waals surface area contributed by atoms with E-state index < -0.39 is 64.0 Å². The number of aromatic hydroxyl groups is 1. The molecule has 1 heterocycles. The van der Waals surface area contributed by atoms with E-state index in [2.05, 4.69) is 10.1 Å². The summed E-state index contributed by atoms with van der Waals surface area (Å²) in [4.78, 5) is 51.6. The minimum absolute atomic E-state index is 0.0135. The molecule has 0 saturated heterocycles. The second-order valence-corrected chi connectivity index (χ2v) is 9.66. The Hall–Kier alpha value is -4.60. The zero-order valence-electron chi connectivity index (χ0n) is 21.1. The van der Waals surface area contributed by atoms with E-state index in [1.807, 2.05) is 43.3 Å². The Morgan fingerprint density at radius 2 is 1.90 bits per heavy atom. The van der Waals surface area contributed by atoms with Gasteiger partial charge in [0.1, 0.15) is 39.9 Å². The van der Waals surface area contributed by atoms with E-state index in [0.717, 1.165) is 41.0 Å². The quantitative estimate of drug-likeness (QED) is 0.453. The number of aryl methyl sites for hydroxylation is 1. The number of nitrogens with one attached hydrogen (secondary N) is 1. The number of amides is 1. The minimum Gasteiger partial charge on any atom is -0.507 e. The van der Waals surface area contributed by atoms with E-state index in [0.29, 0.717) is 0 Å². The van der Waals surface area contributed by atoms with Gasteiger partial charge in [-0.25, -0.2) is 0 Å². The number of rotatable bonds is 6. The number of Topliss-reactive ketones (excluding diaryl/α,β-unsaturated/α-hetero) is 2. The summed E-state index contributed by atoms with van der Waals surface area (Å²) in [6, 6.07) is 12.2. The summed E-state index contributed by atoms with van der Waals surface area (Å²) in [7, 11) is 0. The number of phenols is 1. The Kier molecular flexibility index (Phi) is 6.21. The van der Waals surface area contributed by atoms with Crippen molar-refractivity contribution in [2.45, 2.75) is 39.3 Å². The molecule has 8 nitrogen and oxygen atoms in total. The van der Waals surface area contributed by atoms with Gasteiger partial charge in [-0.05, 0) is 42.7 Å². The lowest BCUT2D eigenvalue weighted by atomic mass is 9.67. The monoisotopic (exact) mass is 535 g/mol. The van der Waals surface area contributed by atoms with Gasteiger partial charge in [0.25, 0.3) is 5.91 Å².